The number of anilines is 2. The maximum atomic E-state index is 12.2. The van der Waals surface area contributed by atoms with Crippen molar-refractivity contribution in [1.29, 1.82) is 0 Å². The van der Waals surface area contributed by atoms with Gasteiger partial charge in [-0.3, -0.25) is 14.4 Å². The van der Waals surface area contributed by atoms with E-state index in [1.165, 1.54) is 4.90 Å². The third-order valence-corrected chi connectivity index (χ3v) is 4.22. The third-order valence-electron chi connectivity index (χ3n) is 4.22. The van der Waals surface area contributed by atoms with Gasteiger partial charge in [-0.15, -0.1) is 0 Å². The van der Waals surface area contributed by atoms with Crippen LogP contribution in [0.2, 0.25) is 0 Å². The molecule has 2 rings (SSSR count). The molecule has 0 radical (unpaired) electrons. The lowest BCUT2D eigenvalue weighted by atomic mass is 10.2. The van der Waals surface area contributed by atoms with Crippen molar-refractivity contribution in [2.75, 3.05) is 37.8 Å². The van der Waals surface area contributed by atoms with E-state index >= 15 is 0 Å². The highest BCUT2D eigenvalue weighted by Gasteiger charge is 2.09. The summed E-state index contributed by atoms with van der Waals surface area (Å²) in [6.45, 7) is 2.78. The molecule has 29 heavy (non-hydrogen) atoms. The minimum absolute atomic E-state index is 0.0544. The first-order valence-electron chi connectivity index (χ1n) is 9.64. The Labute approximate surface area is 171 Å². The van der Waals surface area contributed by atoms with Crippen LogP contribution in [0.25, 0.3) is 0 Å². The smallest absolute Gasteiger partial charge is 0.253 e. The van der Waals surface area contributed by atoms with Gasteiger partial charge in [0.25, 0.3) is 11.8 Å². The number of unbranched alkanes of at least 4 members (excludes halogenated alkanes) is 1. The van der Waals surface area contributed by atoms with E-state index in [-0.39, 0.29) is 24.3 Å². The van der Waals surface area contributed by atoms with E-state index in [1.807, 2.05) is 0 Å². The SMILES string of the molecule is CCCCNC(=O)c1ccc(NC(=O)CNc2cccc(C(=O)N(C)C)c2)cc1. The molecule has 0 heterocycles. The van der Waals surface area contributed by atoms with Crippen molar-refractivity contribution in [2.24, 2.45) is 0 Å². The fraction of sp³-hybridized carbons (Fsp3) is 0.318. The summed E-state index contributed by atoms with van der Waals surface area (Å²) < 4.78 is 0. The summed E-state index contributed by atoms with van der Waals surface area (Å²) >= 11 is 0. The largest absolute Gasteiger partial charge is 0.376 e. The molecule has 0 atom stereocenters. The van der Waals surface area contributed by atoms with Gasteiger partial charge in [0.2, 0.25) is 5.91 Å². The van der Waals surface area contributed by atoms with Crippen molar-refractivity contribution >= 4 is 29.1 Å². The molecule has 0 spiro atoms. The third kappa shape index (κ3) is 6.95. The molecule has 2 aromatic carbocycles. The molecule has 7 heteroatoms. The van der Waals surface area contributed by atoms with Crippen LogP contribution in [0.1, 0.15) is 40.5 Å². The van der Waals surface area contributed by atoms with Gasteiger partial charge in [0.1, 0.15) is 0 Å². The Morgan fingerprint density at radius 1 is 0.931 bits per heavy atom. The van der Waals surface area contributed by atoms with Crippen LogP contribution < -0.4 is 16.0 Å². The summed E-state index contributed by atoms with van der Waals surface area (Å²) in [5.74, 6) is -0.448. The standard InChI is InChI=1S/C22H28N4O3/c1-4-5-13-23-21(28)16-9-11-18(12-10-16)25-20(27)15-24-19-8-6-7-17(14-19)22(29)26(2)3/h6-12,14,24H,4-5,13,15H2,1-3H3,(H,23,28)(H,25,27). The lowest BCUT2D eigenvalue weighted by Gasteiger charge is -2.12. The van der Waals surface area contributed by atoms with E-state index in [4.69, 9.17) is 0 Å². The number of benzene rings is 2. The molecule has 3 amide bonds. The van der Waals surface area contributed by atoms with Crippen molar-refractivity contribution in [3.63, 3.8) is 0 Å². The Morgan fingerprint density at radius 3 is 2.31 bits per heavy atom. The van der Waals surface area contributed by atoms with Gasteiger partial charge in [-0.25, -0.2) is 0 Å². The number of nitrogens with one attached hydrogen (secondary N) is 3. The van der Waals surface area contributed by atoms with Crippen LogP contribution in [-0.2, 0) is 4.79 Å². The first-order valence-corrected chi connectivity index (χ1v) is 9.64. The molecule has 0 saturated heterocycles. The number of nitrogens with zero attached hydrogens (tertiary/aromatic N) is 1. The average Bonchev–Trinajstić information content (AvgIpc) is 2.72. The van der Waals surface area contributed by atoms with E-state index in [0.29, 0.717) is 29.0 Å². The number of carbonyl (C=O) groups excluding carboxylic acids is 3. The molecule has 0 aliphatic carbocycles. The van der Waals surface area contributed by atoms with Gasteiger partial charge in [0.05, 0.1) is 6.54 Å². The van der Waals surface area contributed by atoms with Gasteiger partial charge in [-0.1, -0.05) is 19.4 Å². The zero-order valence-corrected chi connectivity index (χ0v) is 17.1. The number of carbonyl (C=O) groups is 3. The van der Waals surface area contributed by atoms with Gasteiger partial charge >= 0.3 is 0 Å². The number of hydrogen-bond acceptors (Lipinski definition) is 4. The fourth-order valence-corrected chi connectivity index (χ4v) is 2.59. The van der Waals surface area contributed by atoms with Crippen molar-refractivity contribution in [3.8, 4) is 0 Å². The maximum Gasteiger partial charge on any atom is 0.253 e. The molecular weight excluding hydrogens is 368 g/mol. The Hall–Kier alpha value is -3.35. The predicted octanol–water partition coefficient (Wildman–Crippen LogP) is 2.97. The summed E-state index contributed by atoms with van der Waals surface area (Å²) in [5, 5.41) is 8.64. The zero-order chi connectivity index (χ0) is 21.2. The van der Waals surface area contributed by atoms with E-state index < -0.39 is 0 Å². The van der Waals surface area contributed by atoms with E-state index in [1.54, 1.807) is 62.6 Å². The molecule has 7 nitrogen and oxygen atoms in total. The molecule has 0 aromatic heterocycles. The lowest BCUT2D eigenvalue weighted by molar-refractivity contribution is -0.114. The molecular formula is C22H28N4O3. The van der Waals surface area contributed by atoms with Gasteiger partial charge < -0.3 is 20.9 Å². The molecule has 2 aromatic rings. The Morgan fingerprint density at radius 2 is 1.66 bits per heavy atom. The Balaban J connectivity index is 1.86. The molecule has 0 aliphatic heterocycles. The minimum atomic E-state index is -0.227. The number of hydrogen-bond donors (Lipinski definition) is 3. The second kappa shape index (κ2) is 10.8. The second-order valence-electron chi connectivity index (χ2n) is 6.87. The Bertz CT molecular complexity index is 847. The van der Waals surface area contributed by atoms with Gasteiger partial charge in [0, 0.05) is 43.1 Å². The second-order valence-corrected chi connectivity index (χ2v) is 6.87. The van der Waals surface area contributed by atoms with Gasteiger partial charge in [-0.2, -0.15) is 0 Å². The van der Waals surface area contributed by atoms with Crippen LogP contribution in [0.5, 0.6) is 0 Å². The molecule has 0 fully saturated rings. The van der Waals surface area contributed by atoms with Crippen LogP contribution in [0, 0.1) is 0 Å². The van der Waals surface area contributed by atoms with E-state index in [0.717, 1.165) is 12.8 Å². The first kappa shape index (κ1) is 21.9. The lowest BCUT2D eigenvalue weighted by Crippen LogP contribution is -2.24. The summed E-state index contributed by atoms with van der Waals surface area (Å²) in [7, 11) is 3.38. The summed E-state index contributed by atoms with van der Waals surface area (Å²) in [6.07, 6.45) is 1.97. The van der Waals surface area contributed by atoms with Gasteiger partial charge in [-0.05, 0) is 48.9 Å². The molecule has 0 bridgehead atoms. The van der Waals surface area contributed by atoms with Crippen LogP contribution in [-0.4, -0.2) is 49.8 Å². The van der Waals surface area contributed by atoms with Crippen LogP contribution in [0.4, 0.5) is 11.4 Å². The molecule has 0 saturated carbocycles. The van der Waals surface area contributed by atoms with Crippen LogP contribution >= 0.6 is 0 Å². The predicted molar refractivity (Wildman–Crippen MR) is 115 cm³/mol. The normalized spacial score (nSPS) is 10.2. The summed E-state index contributed by atoms with van der Waals surface area (Å²) in [6, 6.07) is 13.8. The highest BCUT2D eigenvalue weighted by Crippen LogP contribution is 2.13. The van der Waals surface area contributed by atoms with Crippen LogP contribution in [0.3, 0.4) is 0 Å². The van der Waals surface area contributed by atoms with Crippen LogP contribution in [0.15, 0.2) is 48.5 Å². The summed E-state index contributed by atoms with van der Waals surface area (Å²) in [4.78, 5) is 37.7. The van der Waals surface area contributed by atoms with Crippen molar-refractivity contribution in [2.45, 2.75) is 19.8 Å². The number of rotatable bonds is 9. The summed E-state index contributed by atoms with van der Waals surface area (Å²) in [5.41, 5.74) is 2.40. The molecule has 3 N–H and O–H groups in total. The molecule has 0 aliphatic rings. The quantitative estimate of drug-likeness (QED) is 0.569. The van der Waals surface area contributed by atoms with Crippen molar-refractivity contribution in [3.05, 3.63) is 59.7 Å². The highest BCUT2D eigenvalue weighted by atomic mass is 16.2. The average molecular weight is 396 g/mol. The zero-order valence-electron chi connectivity index (χ0n) is 17.1. The topological polar surface area (TPSA) is 90.5 Å². The van der Waals surface area contributed by atoms with E-state index in [9.17, 15) is 14.4 Å². The van der Waals surface area contributed by atoms with E-state index in [2.05, 4.69) is 22.9 Å². The Kier molecular flexibility index (Phi) is 8.21. The number of amides is 3. The fourth-order valence-electron chi connectivity index (χ4n) is 2.59. The monoisotopic (exact) mass is 396 g/mol. The first-order chi connectivity index (χ1) is 13.9. The van der Waals surface area contributed by atoms with Crippen molar-refractivity contribution in [1.82, 2.24) is 10.2 Å². The molecule has 154 valence electrons. The molecule has 0 unspecified atom stereocenters. The minimum Gasteiger partial charge on any atom is -0.376 e. The highest BCUT2D eigenvalue weighted by molar-refractivity contribution is 5.97. The van der Waals surface area contributed by atoms with Crippen molar-refractivity contribution < 1.29 is 14.4 Å². The van der Waals surface area contributed by atoms with Gasteiger partial charge in [0.15, 0.2) is 0 Å². The maximum absolute atomic E-state index is 12.2.